The third-order valence-electron chi connectivity index (χ3n) is 4.31. The fourth-order valence-electron chi connectivity index (χ4n) is 2.91. The lowest BCUT2D eigenvalue weighted by Gasteiger charge is -2.24. The quantitative estimate of drug-likeness (QED) is 0.934. The summed E-state index contributed by atoms with van der Waals surface area (Å²) in [6.07, 6.45) is 5.92. The van der Waals surface area contributed by atoms with Crippen LogP contribution in [0.15, 0.2) is 22.7 Å². The van der Waals surface area contributed by atoms with Gasteiger partial charge in [-0.05, 0) is 37.3 Å². The second-order valence-electron chi connectivity index (χ2n) is 5.84. The van der Waals surface area contributed by atoms with E-state index in [-0.39, 0.29) is 11.9 Å². The number of rotatable bonds is 3. The zero-order chi connectivity index (χ0) is 14.8. The number of aryl methyl sites for hydroxylation is 1. The van der Waals surface area contributed by atoms with E-state index in [1.165, 1.54) is 25.3 Å². The van der Waals surface area contributed by atoms with Gasteiger partial charge in [0.2, 0.25) is 11.7 Å². The van der Waals surface area contributed by atoms with E-state index in [4.69, 9.17) is 10.3 Å². The van der Waals surface area contributed by atoms with E-state index >= 15 is 0 Å². The van der Waals surface area contributed by atoms with Gasteiger partial charge in [0.15, 0.2) is 0 Å². The van der Waals surface area contributed by atoms with E-state index in [2.05, 4.69) is 10.1 Å². The molecule has 0 saturated heterocycles. The van der Waals surface area contributed by atoms with E-state index in [0.29, 0.717) is 28.8 Å². The van der Waals surface area contributed by atoms with Crippen molar-refractivity contribution in [3.8, 4) is 11.4 Å². The Hall–Kier alpha value is -1.75. The van der Waals surface area contributed by atoms with Gasteiger partial charge < -0.3 is 10.3 Å². The van der Waals surface area contributed by atoms with Crippen LogP contribution < -0.4 is 5.73 Å². The number of halogens is 1. The lowest BCUT2D eigenvalue weighted by molar-refractivity contribution is 0.255. The van der Waals surface area contributed by atoms with E-state index < -0.39 is 0 Å². The van der Waals surface area contributed by atoms with Crippen molar-refractivity contribution in [2.45, 2.75) is 45.1 Å². The first kappa shape index (κ1) is 14.2. The predicted molar refractivity (Wildman–Crippen MR) is 77.9 cm³/mol. The maximum absolute atomic E-state index is 13.6. The molecular weight excluding hydrogens is 269 g/mol. The number of nitrogens with two attached hydrogens (primary N) is 1. The Labute approximate surface area is 123 Å². The Morgan fingerprint density at radius 2 is 2.05 bits per heavy atom. The standard InChI is InChI=1S/C16H20FN3O/c1-10-7-8-12(9-13(10)17)15-19-16(21-20-15)14(18)11-5-3-2-4-6-11/h7-9,11,14H,2-6,18H2,1H3. The molecule has 1 unspecified atom stereocenters. The Kier molecular flexibility index (Phi) is 4.01. The van der Waals surface area contributed by atoms with Crippen molar-refractivity contribution < 1.29 is 8.91 Å². The summed E-state index contributed by atoms with van der Waals surface area (Å²) in [4.78, 5) is 4.36. The monoisotopic (exact) mass is 289 g/mol. The second-order valence-corrected chi connectivity index (χ2v) is 5.84. The van der Waals surface area contributed by atoms with Crippen molar-refractivity contribution >= 4 is 0 Å². The van der Waals surface area contributed by atoms with Crippen LogP contribution in [0.1, 0.15) is 49.6 Å². The molecule has 4 nitrogen and oxygen atoms in total. The van der Waals surface area contributed by atoms with E-state index in [9.17, 15) is 4.39 Å². The number of aromatic nitrogens is 2. The largest absolute Gasteiger partial charge is 0.337 e. The Balaban J connectivity index is 1.80. The highest BCUT2D eigenvalue weighted by Crippen LogP contribution is 2.32. The summed E-state index contributed by atoms with van der Waals surface area (Å²) in [6, 6.07) is 4.71. The molecule has 1 heterocycles. The molecule has 5 heteroatoms. The number of hydrogen-bond acceptors (Lipinski definition) is 4. The lowest BCUT2D eigenvalue weighted by Crippen LogP contribution is -2.23. The highest BCUT2D eigenvalue weighted by Gasteiger charge is 2.26. The van der Waals surface area contributed by atoms with Gasteiger partial charge in [0, 0.05) is 5.56 Å². The normalized spacial score (nSPS) is 17.9. The SMILES string of the molecule is Cc1ccc(-c2noc(C(N)C3CCCCC3)n2)cc1F. The predicted octanol–water partition coefficient (Wildman–Crippen LogP) is 3.76. The van der Waals surface area contributed by atoms with Crippen LogP contribution in [0.5, 0.6) is 0 Å². The molecule has 112 valence electrons. The molecule has 3 rings (SSSR count). The van der Waals surface area contributed by atoms with Gasteiger partial charge in [-0.3, -0.25) is 0 Å². The van der Waals surface area contributed by atoms with Crippen LogP contribution in [0.3, 0.4) is 0 Å². The summed E-state index contributed by atoms with van der Waals surface area (Å²) >= 11 is 0. The molecule has 1 atom stereocenters. The van der Waals surface area contributed by atoms with Gasteiger partial charge in [0.1, 0.15) is 5.82 Å². The molecule has 0 bridgehead atoms. The third-order valence-corrected chi connectivity index (χ3v) is 4.31. The van der Waals surface area contributed by atoms with Gasteiger partial charge >= 0.3 is 0 Å². The molecule has 1 saturated carbocycles. The van der Waals surface area contributed by atoms with Crippen molar-refractivity contribution in [3.05, 3.63) is 35.5 Å². The van der Waals surface area contributed by atoms with Gasteiger partial charge in [0.05, 0.1) is 6.04 Å². The summed E-state index contributed by atoms with van der Waals surface area (Å²) in [7, 11) is 0. The van der Waals surface area contributed by atoms with Crippen molar-refractivity contribution in [1.82, 2.24) is 10.1 Å². The smallest absolute Gasteiger partial charge is 0.244 e. The summed E-state index contributed by atoms with van der Waals surface area (Å²) in [5.74, 6) is 0.991. The molecule has 1 aliphatic carbocycles. The molecule has 1 aliphatic rings. The lowest BCUT2D eigenvalue weighted by atomic mass is 9.84. The number of benzene rings is 1. The second kappa shape index (κ2) is 5.93. The Bertz CT molecular complexity index is 620. The third kappa shape index (κ3) is 2.97. The first-order chi connectivity index (χ1) is 10.1. The minimum atomic E-state index is -0.268. The molecular formula is C16H20FN3O. The molecule has 1 aromatic heterocycles. The summed E-state index contributed by atoms with van der Waals surface area (Å²) in [6.45, 7) is 1.72. The van der Waals surface area contributed by atoms with Crippen LogP contribution in [0.4, 0.5) is 4.39 Å². The van der Waals surface area contributed by atoms with Crippen molar-refractivity contribution in [2.24, 2.45) is 11.7 Å². The molecule has 1 aromatic carbocycles. The average molecular weight is 289 g/mol. The summed E-state index contributed by atoms with van der Waals surface area (Å²) < 4.78 is 18.9. The van der Waals surface area contributed by atoms with Gasteiger partial charge in [0.25, 0.3) is 0 Å². The van der Waals surface area contributed by atoms with Gasteiger partial charge in [-0.25, -0.2) is 4.39 Å². The van der Waals surface area contributed by atoms with Gasteiger partial charge in [-0.15, -0.1) is 0 Å². The molecule has 2 aromatic rings. The molecule has 1 fully saturated rings. The highest BCUT2D eigenvalue weighted by molar-refractivity contribution is 5.54. The molecule has 0 aliphatic heterocycles. The minimum absolute atomic E-state index is 0.221. The Morgan fingerprint density at radius 3 is 2.76 bits per heavy atom. The zero-order valence-corrected chi connectivity index (χ0v) is 12.2. The molecule has 0 amide bonds. The molecule has 0 radical (unpaired) electrons. The molecule has 2 N–H and O–H groups in total. The van der Waals surface area contributed by atoms with Crippen LogP contribution in [-0.2, 0) is 0 Å². The molecule has 0 spiro atoms. The topological polar surface area (TPSA) is 64.9 Å². The van der Waals surface area contributed by atoms with E-state index in [1.807, 2.05) is 0 Å². The van der Waals surface area contributed by atoms with Crippen LogP contribution >= 0.6 is 0 Å². The minimum Gasteiger partial charge on any atom is -0.337 e. The number of hydrogen-bond donors (Lipinski definition) is 1. The van der Waals surface area contributed by atoms with Crippen LogP contribution in [0, 0.1) is 18.7 Å². The van der Waals surface area contributed by atoms with Crippen LogP contribution in [0.25, 0.3) is 11.4 Å². The highest BCUT2D eigenvalue weighted by atomic mass is 19.1. The Morgan fingerprint density at radius 1 is 1.29 bits per heavy atom. The maximum atomic E-state index is 13.6. The van der Waals surface area contributed by atoms with Crippen LogP contribution in [0.2, 0.25) is 0 Å². The average Bonchev–Trinajstić information content (AvgIpc) is 3.00. The van der Waals surface area contributed by atoms with Crippen molar-refractivity contribution in [3.63, 3.8) is 0 Å². The first-order valence-electron chi connectivity index (χ1n) is 7.51. The van der Waals surface area contributed by atoms with Gasteiger partial charge in [-0.2, -0.15) is 4.98 Å². The molecule has 21 heavy (non-hydrogen) atoms. The van der Waals surface area contributed by atoms with Crippen molar-refractivity contribution in [2.75, 3.05) is 0 Å². The van der Waals surface area contributed by atoms with Crippen LogP contribution in [-0.4, -0.2) is 10.1 Å². The zero-order valence-electron chi connectivity index (χ0n) is 12.2. The van der Waals surface area contributed by atoms with Gasteiger partial charge in [-0.1, -0.05) is 36.6 Å². The summed E-state index contributed by atoms with van der Waals surface area (Å²) in [5, 5.41) is 3.94. The van der Waals surface area contributed by atoms with E-state index in [0.717, 1.165) is 12.8 Å². The fourth-order valence-corrected chi connectivity index (χ4v) is 2.91. The van der Waals surface area contributed by atoms with Crippen molar-refractivity contribution in [1.29, 1.82) is 0 Å². The van der Waals surface area contributed by atoms with E-state index in [1.54, 1.807) is 19.1 Å². The summed E-state index contributed by atoms with van der Waals surface area (Å²) in [5.41, 5.74) is 7.46. The first-order valence-corrected chi connectivity index (χ1v) is 7.51. The fraction of sp³-hybridized carbons (Fsp3) is 0.500. The number of nitrogens with zero attached hydrogens (tertiary/aromatic N) is 2. The maximum Gasteiger partial charge on any atom is 0.244 e.